The van der Waals surface area contributed by atoms with E-state index in [1.54, 1.807) is 22.7 Å². The second kappa shape index (κ2) is 6.15. The number of anilines is 1. The summed E-state index contributed by atoms with van der Waals surface area (Å²) < 4.78 is 0. The minimum atomic E-state index is 0.833. The van der Waals surface area contributed by atoms with Gasteiger partial charge in [0.2, 0.25) is 5.13 Å². The molecule has 5 nitrogen and oxygen atoms in total. The minimum Gasteiger partial charge on any atom is -0.363 e. The van der Waals surface area contributed by atoms with E-state index in [-0.39, 0.29) is 0 Å². The Morgan fingerprint density at radius 2 is 2.15 bits per heavy atom. The number of piperidine rings is 1. The molecule has 3 heterocycles. The fraction of sp³-hybridized carbons (Fsp3) is 0.615. The van der Waals surface area contributed by atoms with E-state index < -0.39 is 0 Å². The molecular weight excluding hydrogens is 290 g/mol. The van der Waals surface area contributed by atoms with Gasteiger partial charge in [-0.15, -0.1) is 21.5 Å². The van der Waals surface area contributed by atoms with Gasteiger partial charge in [-0.05, 0) is 31.8 Å². The van der Waals surface area contributed by atoms with Crippen LogP contribution < -0.4 is 5.32 Å². The number of nitrogens with one attached hydrogen (secondary N) is 1. The zero-order valence-corrected chi connectivity index (χ0v) is 13.4. The molecule has 0 radical (unpaired) electrons. The van der Waals surface area contributed by atoms with Crippen LogP contribution in [0.3, 0.4) is 0 Å². The summed E-state index contributed by atoms with van der Waals surface area (Å²) in [7, 11) is 1.86. The lowest BCUT2D eigenvalue weighted by Gasteiger charge is -2.29. The van der Waals surface area contributed by atoms with E-state index in [2.05, 4.69) is 32.7 Å². The summed E-state index contributed by atoms with van der Waals surface area (Å²) in [4.78, 5) is 7.20. The molecule has 0 aromatic carbocycles. The highest BCUT2D eigenvalue weighted by atomic mass is 32.1. The van der Waals surface area contributed by atoms with E-state index in [9.17, 15) is 0 Å². The molecule has 0 bridgehead atoms. The summed E-state index contributed by atoms with van der Waals surface area (Å²) in [5, 5.41) is 16.2. The molecule has 0 unspecified atom stereocenters. The van der Waals surface area contributed by atoms with Crippen molar-refractivity contribution in [1.29, 1.82) is 0 Å². The molecule has 0 spiro atoms. The van der Waals surface area contributed by atoms with Gasteiger partial charge >= 0.3 is 0 Å². The number of thiazole rings is 1. The lowest BCUT2D eigenvalue weighted by Crippen LogP contribution is -2.32. The Morgan fingerprint density at radius 3 is 2.85 bits per heavy atom. The fourth-order valence-electron chi connectivity index (χ4n) is 2.32. The molecule has 0 saturated carbocycles. The monoisotopic (exact) mass is 309 g/mol. The molecule has 0 amide bonds. The molecule has 7 heteroatoms. The van der Waals surface area contributed by atoms with Crippen LogP contribution in [0.1, 0.15) is 24.8 Å². The first kappa shape index (κ1) is 13.9. The Kier molecular flexibility index (Phi) is 4.28. The normalized spacial score (nSPS) is 17.5. The van der Waals surface area contributed by atoms with Crippen LogP contribution in [0.2, 0.25) is 0 Å². The Balaban J connectivity index is 1.64. The van der Waals surface area contributed by atoms with Gasteiger partial charge < -0.3 is 5.32 Å². The first-order valence-corrected chi connectivity index (χ1v) is 8.62. The number of aromatic nitrogens is 3. The summed E-state index contributed by atoms with van der Waals surface area (Å²) >= 11 is 3.26. The van der Waals surface area contributed by atoms with Gasteiger partial charge in [0.05, 0.1) is 6.54 Å². The average Bonchev–Trinajstić information content (AvgIpc) is 3.10. The number of nitrogens with zero attached hydrogens (tertiary/aromatic N) is 4. The first-order valence-electron chi connectivity index (χ1n) is 6.93. The van der Waals surface area contributed by atoms with Crippen LogP contribution in [0.25, 0.3) is 10.7 Å². The van der Waals surface area contributed by atoms with Gasteiger partial charge in [0.1, 0.15) is 10.7 Å². The topological polar surface area (TPSA) is 53.9 Å². The van der Waals surface area contributed by atoms with Crippen molar-refractivity contribution in [2.75, 3.05) is 25.5 Å². The number of likely N-dealkylation sites (tertiary alicyclic amines) is 1. The van der Waals surface area contributed by atoms with Crippen molar-refractivity contribution >= 4 is 27.8 Å². The molecule has 20 heavy (non-hydrogen) atoms. The van der Waals surface area contributed by atoms with Gasteiger partial charge in [-0.1, -0.05) is 18.3 Å². The summed E-state index contributed by atoms with van der Waals surface area (Å²) in [6.07, 6.45) is 2.61. The van der Waals surface area contributed by atoms with Crippen LogP contribution >= 0.6 is 22.7 Å². The molecule has 2 aromatic heterocycles. The molecule has 1 N–H and O–H groups in total. The van der Waals surface area contributed by atoms with Gasteiger partial charge in [0.15, 0.2) is 5.01 Å². The third-order valence-electron chi connectivity index (χ3n) is 3.64. The predicted molar refractivity (Wildman–Crippen MR) is 84.2 cm³/mol. The van der Waals surface area contributed by atoms with Gasteiger partial charge in [-0.25, -0.2) is 4.98 Å². The lowest BCUT2D eigenvalue weighted by atomic mass is 9.99. The summed E-state index contributed by atoms with van der Waals surface area (Å²) in [5.41, 5.74) is 0.953. The predicted octanol–water partition coefficient (Wildman–Crippen LogP) is 2.94. The van der Waals surface area contributed by atoms with Crippen LogP contribution in [0.4, 0.5) is 5.13 Å². The van der Waals surface area contributed by atoms with E-state index >= 15 is 0 Å². The number of hydrogen-bond acceptors (Lipinski definition) is 7. The molecule has 1 saturated heterocycles. The van der Waals surface area contributed by atoms with Gasteiger partial charge in [0, 0.05) is 12.4 Å². The second-order valence-corrected chi connectivity index (χ2v) is 7.17. The van der Waals surface area contributed by atoms with Crippen LogP contribution in [0.15, 0.2) is 5.38 Å². The van der Waals surface area contributed by atoms with Crippen molar-refractivity contribution in [3.05, 3.63) is 10.4 Å². The SMILES string of the molecule is CNc1nnc(-c2csc(CN3CCC(C)CC3)n2)s1. The van der Waals surface area contributed by atoms with Crippen molar-refractivity contribution in [1.82, 2.24) is 20.1 Å². The smallest absolute Gasteiger partial charge is 0.205 e. The molecule has 1 aliphatic heterocycles. The van der Waals surface area contributed by atoms with Crippen molar-refractivity contribution < 1.29 is 0 Å². The third-order valence-corrected chi connectivity index (χ3v) is 5.44. The first-order chi connectivity index (χ1) is 9.74. The highest BCUT2D eigenvalue weighted by Crippen LogP contribution is 2.28. The molecule has 1 aliphatic rings. The van der Waals surface area contributed by atoms with Crippen LogP contribution in [0, 0.1) is 5.92 Å². The molecule has 3 rings (SSSR count). The van der Waals surface area contributed by atoms with E-state index in [1.165, 1.54) is 30.9 Å². The zero-order valence-electron chi connectivity index (χ0n) is 11.8. The van der Waals surface area contributed by atoms with Crippen LogP contribution in [-0.2, 0) is 6.54 Å². The highest BCUT2D eigenvalue weighted by molar-refractivity contribution is 7.18. The molecule has 2 aromatic rings. The Morgan fingerprint density at radius 1 is 1.35 bits per heavy atom. The Bertz CT molecular complexity index is 557. The molecule has 0 atom stereocenters. The van der Waals surface area contributed by atoms with Crippen molar-refractivity contribution in [2.24, 2.45) is 5.92 Å². The van der Waals surface area contributed by atoms with E-state index in [0.29, 0.717) is 0 Å². The maximum Gasteiger partial charge on any atom is 0.205 e. The average molecular weight is 309 g/mol. The lowest BCUT2D eigenvalue weighted by molar-refractivity contribution is 0.185. The van der Waals surface area contributed by atoms with Gasteiger partial charge in [-0.3, -0.25) is 4.90 Å². The third kappa shape index (κ3) is 3.16. The number of hydrogen-bond donors (Lipinski definition) is 1. The quantitative estimate of drug-likeness (QED) is 0.941. The summed E-state index contributed by atoms with van der Waals surface area (Å²) in [6, 6.07) is 0. The molecule has 1 fully saturated rings. The van der Waals surface area contributed by atoms with Gasteiger partial charge in [-0.2, -0.15) is 0 Å². The van der Waals surface area contributed by atoms with E-state index in [0.717, 1.165) is 28.3 Å². The Hall–Kier alpha value is -1.05. The fourth-order valence-corrected chi connectivity index (χ4v) is 3.87. The summed E-state index contributed by atoms with van der Waals surface area (Å²) in [6.45, 7) is 5.69. The molecular formula is C13H19N5S2. The van der Waals surface area contributed by atoms with Crippen LogP contribution in [0.5, 0.6) is 0 Å². The molecule has 108 valence electrons. The number of rotatable bonds is 4. The van der Waals surface area contributed by atoms with Crippen LogP contribution in [-0.4, -0.2) is 40.2 Å². The van der Waals surface area contributed by atoms with E-state index in [4.69, 9.17) is 4.98 Å². The minimum absolute atomic E-state index is 0.833. The van der Waals surface area contributed by atoms with Crippen molar-refractivity contribution in [3.63, 3.8) is 0 Å². The maximum absolute atomic E-state index is 4.70. The largest absolute Gasteiger partial charge is 0.363 e. The molecule has 0 aliphatic carbocycles. The van der Waals surface area contributed by atoms with E-state index in [1.807, 2.05) is 7.05 Å². The zero-order chi connectivity index (χ0) is 13.9. The van der Waals surface area contributed by atoms with Gasteiger partial charge in [0.25, 0.3) is 0 Å². The standard InChI is InChI=1S/C13H19N5S2/c1-9-3-5-18(6-4-9)7-11-15-10(8-19-11)12-16-17-13(14-2)20-12/h8-9H,3-7H2,1-2H3,(H,14,17). The Labute approximate surface area is 127 Å². The summed E-state index contributed by atoms with van der Waals surface area (Å²) in [5.74, 6) is 0.875. The van der Waals surface area contributed by atoms with Crippen molar-refractivity contribution in [3.8, 4) is 10.7 Å². The maximum atomic E-state index is 4.70. The van der Waals surface area contributed by atoms with Crippen molar-refractivity contribution in [2.45, 2.75) is 26.3 Å². The second-order valence-electron chi connectivity index (χ2n) is 5.25. The highest BCUT2D eigenvalue weighted by Gasteiger charge is 2.17.